The molecule has 0 fully saturated rings. The van der Waals surface area contributed by atoms with Crippen molar-refractivity contribution in [1.82, 2.24) is 8.80 Å². The van der Waals surface area contributed by atoms with Gasteiger partial charge in [0.1, 0.15) is 0 Å². The summed E-state index contributed by atoms with van der Waals surface area (Å²) in [6.07, 6.45) is 0. The van der Waals surface area contributed by atoms with Gasteiger partial charge in [-0.1, -0.05) is 277 Å². The van der Waals surface area contributed by atoms with Crippen molar-refractivity contribution in [1.29, 1.82) is 0 Å². The molecule has 0 aliphatic carbocycles. The third kappa shape index (κ3) is 8.64. The number of nitrogens with zero attached hydrogens (tertiary/aromatic N) is 4. The summed E-state index contributed by atoms with van der Waals surface area (Å²) >= 11 is 0. The van der Waals surface area contributed by atoms with Gasteiger partial charge in [0.05, 0.1) is 55.8 Å². The van der Waals surface area contributed by atoms with Gasteiger partial charge in [0.15, 0.2) is 0 Å². The number of hydrogen-bond acceptors (Lipinski definition) is 2. The molecule has 0 unspecified atom stereocenters. The summed E-state index contributed by atoms with van der Waals surface area (Å²) in [4.78, 5) is 5.16. The predicted molar refractivity (Wildman–Crippen MR) is 406 cm³/mol. The third-order valence-electron chi connectivity index (χ3n) is 20.5. The van der Waals surface area contributed by atoms with Gasteiger partial charge in [-0.25, -0.2) is 0 Å². The summed E-state index contributed by atoms with van der Waals surface area (Å²) in [5.74, 6) is 0. The fraction of sp³-hybridized carbons (Fsp3) is 0.178. The van der Waals surface area contributed by atoms with Crippen LogP contribution in [0.15, 0.2) is 255 Å². The highest BCUT2D eigenvalue weighted by Gasteiger charge is 2.34. The number of para-hydroxylation sites is 4. The lowest BCUT2D eigenvalue weighted by Gasteiger charge is -2.31. The molecule has 4 heteroatoms. The molecular formula is C90H78N4. The summed E-state index contributed by atoms with van der Waals surface area (Å²) < 4.78 is 5.35. The van der Waals surface area contributed by atoms with Gasteiger partial charge in [0.2, 0.25) is 0 Å². The van der Waals surface area contributed by atoms with E-state index in [4.69, 9.17) is 0 Å². The van der Waals surface area contributed by atoms with E-state index >= 15 is 0 Å². The molecule has 4 aromatic heterocycles. The van der Waals surface area contributed by atoms with Crippen molar-refractivity contribution in [3.05, 3.63) is 277 Å². The lowest BCUT2D eigenvalue weighted by molar-refractivity contribution is 0.590. The maximum atomic E-state index is 2.67. The first-order valence-electron chi connectivity index (χ1n) is 33.6. The molecule has 13 aromatic carbocycles. The van der Waals surface area contributed by atoms with Crippen LogP contribution in [0.3, 0.4) is 0 Å². The number of aromatic nitrogens is 2. The van der Waals surface area contributed by atoms with Crippen LogP contribution in [-0.2, 0) is 21.7 Å². The summed E-state index contributed by atoms with van der Waals surface area (Å²) in [7, 11) is 0. The average molecular weight is 1220 g/mol. The van der Waals surface area contributed by atoms with Gasteiger partial charge in [-0.15, -0.1) is 0 Å². The van der Waals surface area contributed by atoms with E-state index in [0.29, 0.717) is 0 Å². The van der Waals surface area contributed by atoms with Gasteiger partial charge in [-0.05, 0) is 137 Å². The van der Waals surface area contributed by atoms with Gasteiger partial charge in [-0.3, -0.25) is 0 Å². The molecule has 17 rings (SSSR count). The molecule has 0 spiro atoms. The minimum absolute atomic E-state index is 0.110. The zero-order valence-corrected chi connectivity index (χ0v) is 56.0. The second-order valence-electron chi connectivity index (χ2n) is 30.5. The molecule has 0 amide bonds. The molecule has 0 radical (unpaired) electrons. The predicted octanol–water partition coefficient (Wildman–Crippen LogP) is 25.8. The van der Waals surface area contributed by atoms with E-state index in [-0.39, 0.29) is 21.7 Å². The fourth-order valence-corrected chi connectivity index (χ4v) is 15.9. The Hall–Kier alpha value is -10.4. The van der Waals surface area contributed by atoms with Crippen molar-refractivity contribution in [2.24, 2.45) is 0 Å². The zero-order chi connectivity index (χ0) is 64.5. The Morgan fingerprint density at radius 1 is 0.245 bits per heavy atom. The Morgan fingerprint density at radius 2 is 0.606 bits per heavy atom. The first-order valence-corrected chi connectivity index (χ1v) is 33.6. The van der Waals surface area contributed by atoms with Crippen LogP contribution in [0.2, 0.25) is 0 Å². The van der Waals surface area contributed by atoms with E-state index in [2.05, 4.69) is 356 Å². The van der Waals surface area contributed by atoms with Crippen LogP contribution in [0, 0.1) is 0 Å². The lowest BCUT2D eigenvalue weighted by atomic mass is 9.84. The Labute approximate surface area is 551 Å². The summed E-state index contributed by atoms with van der Waals surface area (Å²) in [5, 5.41) is 14.9. The maximum Gasteiger partial charge on any atom is 0.0641 e. The van der Waals surface area contributed by atoms with Crippen molar-refractivity contribution >= 4 is 132 Å². The Morgan fingerprint density at radius 3 is 1.00 bits per heavy atom. The topological polar surface area (TPSA) is 15.3 Å². The summed E-state index contributed by atoms with van der Waals surface area (Å²) in [5.41, 5.74) is 23.7. The van der Waals surface area contributed by atoms with Crippen molar-refractivity contribution in [3.63, 3.8) is 0 Å². The van der Waals surface area contributed by atoms with Crippen molar-refractivity contribution in [2.75, 3.05) is 9.80 Å². The molecular weight excluding hydrogens is 1140 g/mol. The Balaban J connectivity index is 0.991. The molecule has 17 aromatic rings. The summed E-state index contributed by atoms with van der Waals surface area (Å²) in [6, 6.07) is 96.9. The average Bonchev–Trinajstić information content (AvgIpc) is 1.51. The van der Waals surface area contributed by atoms with E-state index in [0.717, 1.165) is 34.1 Å². The monoisotopic (exact) mass is 1210 g/mol. The molecule has 0 aliphatic heterocycles. The Bertz CT molecular complexity index is 5520. The molecule has 0 saturated carbocycles. The van der Waals surface area contributed by atoms with Crippen LogP contribution < -0.4 is 9.80 Å². The van der Waals surface area contributed by atoms with E-state index in [1.807, 2.05) is 0 Å². The molecule has 0 atom stereocenters. The van der Waals surface area contributed by atoms with E-state index in [1.54, 1.807) is 0 Å². The van der Waals surface area contributed by atoms with E-state index < -0.39 is 0 Å². The molecule has 0 bridgehead atoms. The van der Waals surface area contributed by atoms with Crippen LogP contribution in [0.25, 0.3) is 120 Å². The number of benzene rings is 13. The number of rotatable bonds is 8. The molecule has 4 heterocycles. The lowest BCUT2D eigenvalue weighted by Crippen LogP contribution is -2.15. The van der Waals surface area contributed by atoms with Gasteiger partial charge in [0, 0.05) is 65.6 Å². The quantitative estimate of drug-likeness (QED) is 0.151. The van der Waals surface area contributed by atoms with Crippen LogP contribution in [0.5, 0.6) is 0 Å². The second-order valence-corrected chi connectivity index (χ2v) is 30.5. The van der Waals surface area contributed by atoms with Crippen LogP contribution in [0.1, 0.15) is 105 Å². The van der Waals surface area contributed by atoms with Crippen LogP contribution in [0.4, 0.5) is 34.1 Å². The molecule has 4 nitrogen and oxygen atoms in total. The van der Waals surface area contributed by atoms with Crippen LogP contribution in [-0.4, -0.2) is 8.80 Å². The molecule has 0 saturated heterocycles. The minimum atomic E-state index is -0.179. The van der Waals surface area contributed by atoms with Crippen molar-refractivity contribution in [2.45, 2.75) is 105 Å². The van der Waals surface area contributed by atoms with E-state index in [1.165, 1.54) is 142 Å². The number of fused-ring (bicyclic) bond motifs is 14. The number of anilines is 6. The van der Waals surface area contributed by atoms with E-state index in [9.17, 15) is 0 Å². The molecule has 0 N–H and O–H groups in total. The third-order valence-corrected chi connectivity index (χ3v) is 20.5. The first kappa shape index (κ1) is 57.5. The van der Waals surface area contributed by atoms with Gasteiger partial charge in [0.25, 0.3) is 0 Å². The normalized spacial score (nSPS) is 12.9. The molecule has 458 valence electrons. The zero-order valence-electron chi connectivity index (χ0n) is 56.0. The molecule has 0 aliphatic rings. The smallest absolute Gasteiger partial charge is 0.0641 e. The SMILES string of the molecule is CC(C)(C)c1ccc(-c2cccc3ccccc23)c(N(c2ccccc2)c2ccc3c4cc5c(cc4n4c6c(C(C)(C)C)cccc6c2c34)c2ccc(N(c3ccccc3)c3cc(C(C)(C)C)ccc3-c3cccc4ccccc34)c3c4cccc(C(C)(C)C)c4n5c23)c1. The summed E-state index contributed by atoms with van der Waals surface area (Å²) in [6.45, 7) is 28.3. The van der Waals surface area contributed by atoms with Gasteiger partial charge in [-0.2, -0.15) is 0 Å². The van der Waals surface area contributed by atoms with Crippen molar-refractivity contribution < 1.29 is 0 Å². The van der Waals surface area contributed by atoms with Gasteiger partial charge >= 0.3 is 0 Å². The Kier molecular flexibility index (Phi) is 12.6. The highest BCUT2D eigenvalue weighted by molar-refractivity contribution is 6.33. The first-order chi connectivity index (χ1) is 45.2. The number of hydrogen-bond donors (Lipinski definition) is 0. The highest BCUT2D eigenvalue weighted by Crippen LogP contribution is 2.55. The maximum absolute atomic E-state index is 2.67. The largest absolute Gasteiger partial charge is 0.309 e. The fourth-order valence-electron chi connectivity index (χ4n) is 15.9. The van der Waals surface area contributed by atoms with Crippen molar-refractivity contribution in [3.8, 4) is 22.3 Å². The molecule has 94 heavy (non-hydrogen) atoms. The highest BCUT2D eigenvalue weighted by atomic mass is 15.2. The van der Waals surface area contributed by atoms with Crippen LogP contribution >= 0.6 is 0 Å². The second kappa shape index (κ2) is 20.5. The standard InChI is InChI=1S/C90H78N4/c1-87(2,3)57-43-45-65(63-37-23-29-55-27-19-21-35-61(55)63)77(51-57)91(59-31-15-13-16-32-59)75-49-47-67-71-53-80-72(54-79(71)93-83-69(81(75)85(67)93)39-25-41-73(83)89(7,8)9)68-48-50-76(82-70-40-26-42-74(90(10,11)12)84(70)94(80)86(68)82)92(60-33-17-14-18-34-60)78-52-58(88(4,5)6)44-46-66(78)64-38-24-30-56-28-20-22-36-62(56)64/h13-54H,1-12H3. The van der Waals surface area contributed by atoms with Gasteiger partial charge < -0.3 is 18.6 Å². The minimum Gasteiger partial charge on any atom is -0.309 e.